The van der Waals surface area contributed by atoms with Gasteiger partial charge in [-0.05, 0) is 26.8 Å². The number of methoxy groups -OCH3 is 1. The summed E-state index contributed by atoms with van der Waals surface area (Å²) >= 11 is 0. The molecule has 0 bridgehead atoms. The maximum Gasteiger partial charge on any atom is 0.0619 e. The van der Waals surface area contributed by atoms with Crippen LogP contribution in [0.15, 0.2) is 0 Å². The Morgan fingerprint density at radius 1 is 1.29 bits per heavy atom. The first kappa shape index (κ1) is 12.0. The van der Waals surface area contributed by atoms with E-state index in [1.54, 1.807) is 7.11 Å². The molecule has 3 heteroatoms. The molecule has 0 radical (unpaired) electrons. The Morgan fingerprint density at radius 3 is 2.29 bits per heavy atom. The predicted octanol–water partition coefficient (Wildman–Crippen LogP) is 1.28. The van der Waals surface area contributed by atoms with Gasteiger partial charge in [0.1, 0.15) is 0 Å². The van der Waals surface area contributed by atoms with Crippen LogP contribution in [0.2, 0.25) is 0 Å². The molecule has 0 aromatic heterocycles. The molecule has 1 aliphatic heterocycles. The van der Waals surface area contributed by atoms with Crippen molar-refractivity contribution in [3.8, 4) is 0 Å². The van der Waals surface area contributed by atoms with E-state index in [-0.39, 0.29) is 0 Å². The third-order valence-electron chi connectivity index (χ3n) is 3.50. The maximum atomic E-state index is 5.82. The molecule has 0 aromatic carbocycles. The standard InChI is InChI=1S/C11H23NO2/c1-7-8(2)14-9(3)11(7)10(12-4)6-13-5/h7-12H,6H2,1-5H3. The number of rotatable bonds is 4. The Labute approximate surface area is 87.2 Å². The number of ether oxygens (including phenoxy) is 2. The third-order valence-corrected chi connectivity index (χ3v) is 3.50. The van der Waals surface area contributed by atoms with Gasteiger partial charge in [0.2, 0.25) is 0 Å². The molecule has 0 spiro atoms. The van der Waals surface area contributed by atoms with Crippen LogP contribution in [0.5, 0.6) is 0 Å². The van der Waals surface area contributed by atoms with Gasteiger partial charge in [0.05, 0.1) is 18.8 Å². The van der Waals surface area contributed by atoms with Gasteiger partial charge < -0.3 is 14.8 Å². The fraction of sp³-hybridized carbons (Fsp3) is 1.00. The summed E-state index contributed by atoms with van der Waals surface area (Å²) in [7, 11) is 3.74. The van der Waals surface area contributed by atoms with Crippen molar-refractivity contribution in [3.63, 3.8) is 0 Å². The van der Waals surface area contributed by atoms with Crippen molar-refractivity contribution in [2.24, 2.45) is 11.8 Å². The summed E-state index contributed by atoms with van der Waals surface area (Å²) in [6.07, 6.45) is 0.690. The fourth-order valence-electron chi connectivity index (χ4n) is 2.55. The first-order valence-electron chi connectivity index (χ1n) is 5.43. The van der Waals surface area contributed by atoms with Gasteiger partial charge in [-0.3, -0.25) is 0 Å². The lowest BCUT2D eigenvalue weighted by Gasteiger charge is -2.27. The Bertz CT molecular complexity index is 175. The van der Waals surface area contributed by atoms with Crippen LogP contribution < -0.4 is 5.32 Å². The zero-order valence-corrected chi connectivity index (χ0v) is 9.91. The third kappa shape index (κ3) is 2.27. The van der Waals surface area contributed by atoms with E-state index in [0.29, 0.717) is 30.1 Å². The van der Waals surface area contributed by atoms with E-state index < -0.39 is 0 Å². The molecule has 0 aliphatic carbocycles. The van der Waals surface area contributed by atoms with Crippen LogP contribution in [0.3, 0.4) is 0 Å². The van der Waals surface area contributed by atoms with Gasteiger partial charge in [-0.2, -0.15) is 0 Å². The summed E-state index contributed by atoms with van der Waals surface area (Å²) < 4.78 is 11.0. The molecule has 14 heavy (non-hydrogen) atoms. The Hall–Kier alpha value is -0.120. The van der Waals surface area contributed by atoms with Crippen molar-refractivity contribution in [1.29, 1.82) is 0 Å². The summed E-state index contributed by atoms with van der Waals surface area (Å²) in [6.45, 7) is 7.33. The molecule has 1 N–H and O–H groups in total. The van der Waals surface area contributed by atoms with E-state index in [4.69, 9.17) is 9.47 Å². The molecule has 0 saturated carbocycles. The normalized spacial score (nSPS) is 40.1. The lowest BCUT2D eigenvalue weighted by atomic mass is 9.84. The minimum Gasteiger partial charge on any atom is -0.383 e. The summed E-state index contributed by atoms with van der Waals surface area (Å²) in [6, 6.07) is 0.398. The summed E-state index contributed by atoms with van der Waals surface area (Å²) in [5, 5.41) is 3.32. The van der Waals surface area contributed by atoms with Crippen LogP contribution in [0.25, 0.3) is 0 Å². The molecular formula is C11H23NO2. The average Bonchev–Trinajstić information content (AvgIpc) is 2.39. The molecule has 5 unspecified atom stereocenters. The lowest BCUT2D eigenvalue weighted by molar-refractivity contribution is 0.0421. The molecule has 84 valence electrons. The van der Waals surface area contributed by atoms with Crippen LogP contribution >= 0.6 is 0 Å². The van der Waals surface area contributed by atoms with E-state index in [1.807, 2.05) is 7.05 Å². The highest BCUT2D eigenvalue weighted by Crippen LogP contribution is 2.34. The molecule has 1 aliphatic rings. The smallest absolute Gasteiger partial charge is 0.0619 e. The van der Waals surface area contributed by atoms with Crippen LogP contribution in [0.4, 0.5) is 0 Å². The van der Waals surface area contributed by atoms with Gasteiger partial charge in [0, 0.05) is 19.1 Å². The molecule has 0 aromatic rings. The summed E-state index contributed by atoms with van der Waals surface area (Å²) in [4.78, 5) is 0. The van der Waals surface area contributed by atoms with Crippen LogP contribution in [0.1, 0.15) is 20.8 Å². The van der Waals surface area contributed by atoms with Crippen molar-refractivity contribution < 1.29 is 9.47 Å². The minimum atomic E-state index is 0.326. The van der Waals surface area contributed by atoms with Gasteiger partial charge in [0.15, 0.2) is 0 Å². The highest BCUT2D eigenvalue weighted by Gasteiger charge is 2.40. The molecule has 0 amide bonds. The summed E-state index contributed by atoms with van der Waals surface area (Å²) in [5.41, 5.74) is 0. The fourth-order valence-corrected chi connectivity index (χ4v) is 2.55. The van der Waals surface area contributed by atoms with Gasteiger partial charge in [0.25, 0.3) is 0 Å². The molecule has 3 nitrogen and oxygen atoms in total. The van der Waals surface area contributed by atoms with Crippen LogP contribution in [-0.2, 0) is 9.47 Å². The number of nitrogens with one attached hydrogen (secondary N) is 1. The number of likely N-dealkylation sites (N-methyl/N-ethyl adjacent to an activating group) is 1. The Morgan fingerprint density at radius 2 is 1.93 bits per heavy atom. The van der Waals surface area contributed by atoms with E-state index in [9.17, 15) is 0 Å². The quantitative estimate of drug-likeness (QED) is 0.743. The zero-order valence-electron chi connectivity index (χ0n) is 9.91. The second-order valence-corrected chi connectivity index (χ2v) is 4.33. The Balaban J connectivity index is 2.63. The lowest BCUT2D eigenvalue weighted by Crippen LogP contribution is -2.43. The second kappa shape index (κ2) is 5.10. The largest absolute Gasteiger partial charge is 0.383 e. The maximum absolute atomic E-state index is 5.82. The van der Waals surface area contributed by atoms with E-state index in [2.05, 4.69) is 26.1 Å². The number of hydrogen-bond donors (Lipinski definition) is 1. The van der Waals surface area contributed by atoms with Crippen LogP contribution in [-0.4, -0.2) is 39.0 Å². The number of hydrogen-bond acceptors (Lipinski definition) is 3. The minimum absolute atomic E-state index is 0.326. The molecule has 1 fully saturated rings. The van der Waals surface area contributed by atoms with E-state index in [1.165, 1.54) is 0 Å². The first-order chi connectivity index (χ1) is 6.61. The molecule has 1 saturated heterocycles. The molecule has 1 rings (SSSR count). The molecule has 5 atom stereocenters. The highest BCUT2D eigenvalue weighted by molar-refractivity contribution is 4.91. The van der Waals surface area contributed by atoms with Crippen molar-refractivity contribution in [2.75, 3.05) is 20.8 Å². The van der Waals surface area contributed by atoms with Crippen molar-refractivity contribution in [3.05, 3.63) is 0 Å². The van der Waals surface area contributed by atoms with Gasteiger partial charge in [-0.15, -0.1) is 0 Å². The molecular weight excluding hydrogens is 178 g/mol. The highest BCUT2D eigenvalue weighted by atomic mass is 16.5. The average molecular weight is 201 g/mol. The summed E-state index contributed by atoms with van der Waals surface area (Å²) in [5.74, 6) is 1.15. The Kier molecular flexibility index (Phi) is 4.35. The zero-order chi connectivity index (χ0) is 10.7. The van der Waals surface area contributed by atoms with Crippen molar-refractivity contribution >= 4 is 0 Å². The first-order valence-corrected chi connectivity index (χ1v) is 5.43. The van der Waals surface area contributed by atoms with Crippen molar-refractivity contribution in [1.82, 2.24) is 5.32 Å². The van der Waals surface area contributed by atoms with Gasteiger partial charge in [-0.25, -0.2) is 0 Å². The van der Waals surface area contributed by atoms with Crippen LogP contribution in [0, 0.1) is 11.8 Å². The van der Waals surface area contributed by atoms with Gasteiger partial charge >= 0.3 is 0 Å². The monoisotopic (exact) mass is 201 g/mol. The van der Waals surface area contributed by atoms with Gasteiger partial charge in [-0.1, -0.05) is 6.92 Å². The SMILES string of the molecule is CNC(COC)C1C(C)OC(C)C1C. The van der Waals surface area contributed by atoms with E-state index >= 15 is 0 Å². The topological polar surface area (TPSA) is 30.5 Å². The van der Waals surface area contributed by atoms with E-state index in [0.717, 1.165) is 6.61 Å². The predicted molar refractivity (Wildman–Crippen MR) is 57.4 cm³/mol. The molecule has 1 heterocycles. The van der Waals surface area contributed by atoms with Crippen molar-refractivity contribution in [2.45, 2.75) is 39.0 Å². The second-order valence-electron chi connectivity index (χ2n) is 4.33.